The van der Waals surface area contributed by atoms with Crippen molar-refractivity contribution >= 4 is 5.97 Å². The van der Waals surface area contributed by atoms with Crippen molar-refractivity contribution in [2.45, 2.75) is 25.7 Å². The van der Waals surface area contributed by atoms with Crippen molar-refractivity contribution in [3.8, 4) is 0 Å². The van der Waals surface area contributed by atoms with Gasteiger partial charge in [-0.1, -0.05) is 44.2 Å². The molecule has 0 fully saturated rings. The van der Waals surface area contributed by atoms with Crippen molar-refractivity contribution in [2.24, 2.45) is 0 Å². The Kier molecular flexibility index (Phi) is 4.50. The predicted octanol–water partition coefficient (Wildman–Crippen LogP) is 2.46. The molecule has 3 heteroatoms. The minimum Gasteiger partial charge on any atom is -0.481 e. The highest BCUT2D eigenvalue weighted by Crippen LogP contribution is 2.22. The number of ether oxygens (including phenoxy) is 1. The van der Waals surface area contributed by atoms with Gasteiger partial charge >= 0.3 is 5.97 Å². The van der Waals surface area contributed by atoms with Crippen molar-refractivity contribution in [1.82, 2.24) is 0 Å². The van der Waals surface area contributed by atoms with Crippen LogP contribution < -0.4 is 0 Å². The highest BCUT2D eigenvalue weighted by Gasteiger charge is 2.20. The molecule has 0 aliphatic rings. The lowest BCUT2D eigenvalue weighted by Crippen LogP contribution is -2.24. The fraction of sp³-hybridized carbons (Fsp3) is 0.462. The molecule has 0 aliphatic carbocycles. The summed E-state index contributed by atoms with van der Waals surface area (Å²) in [5.74, 6) is -0.822. The van der Waals surface area contributed by atoms with Gasteiger partial charge in [0.25, 0.3) is 0 Å². The molecule has 16 heavy (non-hydrogen) atoms. The Hall–Kier alpha value is -1.35. The van der Waals surface area contributed by atoms with Gasteiger partial charge in [-0.05, 0) is 5.56 Å². The zero-order valence-electron chi connectivity index (χ0n) is 9.77. The Morgan fingerprint density at radius 3 is 2.50 bits per heavy atom. The molecule has 0 saturated carbocycles. The van der Waals surface area contributed by atoms with Crippen molar-refractivity contribution in [1.29, 1.82) is 0 Å². The van der Waals surface area contributed by atoms with E-state index in [2.05, 4.69) is 26.0 Å². The molecule has 0 spiro atoms. The number of aliphatic carboxylic acids is 1. The molecule has 0 heterocycles. The van der Waals surface area contributed by atoms with Gasteiger partial charge < -0.3 is 9.84 Å². The Morgan fingerprint density at radius 1 is 1.31 bits per heavy atom. The molecule has 0 aromatic heterocycles. The molecule has 0 radical (unpaired) electrons. The van der Waals surface area contributed by atoms with Gasteiger partial charge in [0.15, 0.2) is 0 Å². The van der Waals surface area contributed by atoms with Gasteiger partial charge in [-0.15, -0.1) is 0 Å². The Balaban J connectivity index is 2.43. The standard InChI is InChI=1S/C13H18O3/c1-13(2,10-16-9-8-12(14)15)11-6-4-3-5-7-11/h3-7H,8-10H2,1-2H3,(H,14,15). The first-order chi connectivity index (χ1) is 7.52. The van der Waals surface area contributed by atoms with E-state index in [0.717, 1.165) is 0 Å². The SMILES string of the molecule is CC(C)(COCCC(=O)O)c1ccccc1. The van der Waals surface area contributed by atoms with Crippen molar-refractivity contribution in [3.63, 3.8) is 0 Å². The fourth-order valence-electron chi connectivity index (χ4n) is 1.46. The number of hydrogen-bond donors (Lipinski definition) is 1. The summed E-state index contributed by atoms with van der Waals surface area (Å²) in [7, 11) is 0. The van der Waals surface area contributed by atoms with Crippen molar-refractivity contribution < 1.29 is 14.6 Å². The summed E-state index contributed by atoms with van der Waals surface area (Å²) >= 11 is 0. The molecule has 0 atom stereocenters. The molecular weight excluding hydrogens is 204 g/mol. The monoisotopic (exact) mass is 222 g/mol. The summed E-state index contributed by atoms with van der Waals surface area (Å²) in [5, 5.41) is 8.48. The van der Waals surface area contributed by atoms with Gasteiger partial charge in [-0.2, -0.15) is 0 Å². The maximum absolute atomic E-state index is 10.3. The number of hydrogen-bond acceptors (Lipinski definition) is 2. The first-order valence-electron chi connectivity index (χ1n) is 5.37. The van der Waals surface area contributed by atoms with E-state index in [0.29, 0.717) is 6.61 Å². The average Bonchev–Trinajstić information content (AvgIpc) is 2.26. The third kappa shape index (κ3) is 4.03. The number of rotatable bonds is 6. The topological polar surface area (TPSA) is 46.5 Å². The highest BCUT2D eigenvalue weighted by atomic mass is 16.5. The van der Waals surface area contributed by atoms with Crippen LogP contribution in [-0.4, -0.2) is 24.3 Å². The van der Waals surface area contributed by atoms with E-state index < -0.39 is 5.97 Å². The largest absolute Gasteiger partial charge is 0.481 e. The molecule has 88 valence electrons. The van der Waals surface area contributed by atoms with E-state index in [-0.39, 0.29) is 18.4 Å². The molecular formula is C13H18O3. The first kappa shape index (κ1) is 12.7. The second-order valence-corrected chi connectivity index (χ2v) is 4.45. The lowest BCUT2D eigenvalue weighted by Gasteiger charge is -2.24. The number of benzene rings is 1. The Bertz CT molecular complexity index is 330. The van der Waals surface area contributed by atoms with Crippen LogP contribution in [0.5, 0.6) is 0 Å². The highest BCUT2D eigenvalue weighted by molar-refractivity contribution is 5.66. The number of carboxylic acid groups (broad SMARTS) is 1. The van der Waals surface area contributed by atoms with Gasteiger partial charge in [0, 0.05) is 5.41 Å². The maximum Gasteiger partial charge on any atom is 0.305 e. The van der Waals surface area contributed by atoms with Gasteiger partial charge in [-0.25, -0.2) is 0 Å². The lowest BCUT2D eigenvalue weighted by molar-refractivity contribution is -0.138. The minimum atomic E-state index is -0.822. The van der Waals surface area contributed by atoms with Crippen LogP contribution in [0.2, 0.25) is 0 Å². The number of carboxylic acids is 1. The van der Waals surface area contributed by atoms with Gasteiger partial charge in [0.1, 0.15) is 0 Å². The van der Waals surface area contributed by atoms with E-state index in [1.807, 2.05) is 18.2 Å². The van der Waals surface area contributed by atoms with E-state index >= 15 is 0 Å². The summed E-state index contributed by atoms with van der Waals surface area (Å²) in [6, 6.07) is 10.1. The molecule has 0 amide bonds. The van der Waals surface area contributed by atoms with Crippen LogP contribution in [0.4, 0.5) is 0 Å². The van der Waals surface area contributed by atoms with Crippen molar-refractivity contribution in [2.75, 3.05) is 13.2 Å². The van der Waals surface area contributed by atoms with Crippen LogP contribution in [0.15, 0.2) is 30.3 Å². The minimum absolute atomic E-state index is 0.0604. The molecule has 0 bridgehead atoms. The average molecular weight is 222 g/mol. The first-order valence-corrected chi connectivity index (χ1v) is 5.37. The molecule has 3 nitrogen and oxygen atoms in total. The fourth-order valence-corrected chi connectivity index (χ4v) is 1.46. The maximum atomic E-state index is 10.3. The van der Waals surface area contributed by atoms with Crippen LogP contribution >= 0.6 is 0 Å². The van der Waals surface area contributed by atoms with E-state index in [9.17, 15) is 4.79 Å². The quantitative estimate of drug-likeness (QED) is 0.752. The summed E-state index contributed by atoms with van der Waals surface area (Å²) in [6.45, 7) is 4.97. The summed E-state index contributed by atoms with van der Waals surface area (Å²) < 4.78 is 5.38. The normalized spacial score (nSPS) is 11.4. The molecule has 0 aliphatic heterocycles. The van der Waals surface area contributed by atoms with E-state index in [4.69, 9.17) is 9.84 Å². The Morgan fingerprint density at radius 2 is 1.94 bits per heavy atom. The molecule has 1 N–H and O–H groups in total. The number of carbonyl (C=O) groups is 1. The van der Waals surface area contributed by atoms with Crippen LogP contribution in [0.1, 0.15) is 25.8 Å². The van der Waals surface area contributed by atoms with Crippen LogP contribution in [0.3, 0.4) is 0 Å². The smallest absolute Gasteiger partial charge is 0.305 e. The molecule has 1 aromatic carbocycles. The second-order valence-electron chi connectivity index (χ2n) is 4.45. The Labute approximate surface area is 96.1 Å². The predicted molar refractivity (Wildman–Crippen MR) is 62.5 cm³/mol. The molecule has 1 rings (SSSR count). The zero-order chi connectivity index (χ0) is 12.0. The zero-order valence-corrected chi connectivity index (χ0v) is 9.77. The van der Waals surface area contributed by atoms with E-state index in [1.54, 1.807) is 0 Å². The van der Waals surface area contributed by atoms with Gasteiger partial charge in [0.2, 0.25) is 0 Å². The third-order valence-electron chi connectivity index (χ3n) is 2.48. The lowest BCUT2D eigenvalue weighted by atomic mass is 9.86. The third-order valence-corrected chi connectivity index (χ3v) is 2.48. The van der Waals surface area contributed by atoms with Crippen molar-refractivity contribution in [3.05, 3.63) is 35.9 Å². The van der Waals surface area contributed by atoms with Crippen LogP contribution in [0.25, 0.3) is 0 Å². The molecule has 0 unspecified atom stereocenters. The summed E-state index contributed by atoms with van der Waals surface area (Å²) in [5.41, 5.74) is 1.12. The second kappa shape index (κ2) is 5.66. The van der Waals surface area contributed by atoms with E-state index in [1.165, 1.54) is 5.56 Å². The van der Waals surface area contributed by atoms with Crippen LogP contribution in [0, 0.1) is 0 Å². The van der Waals surface area contributed by atoms with Gasteiger partial charge in [-0.3, -0.25) is 4.79 Å². The molecule has 0 saturated heterocycles. The molecule has 1 aromatic rings. The van der Waals surface area contributed by atoms with Crippen LogP contribution in [-0.2, 0) is 14.9 Å². The van der Waals surface area contributed by atoms with Gasteiger partial charge in [0.05, 0.1) is 19.6 Å². The summed E-state index contributed by atoms with van der Waals surface area (Å²) in [6.07, 6.45) is 0.0604. The summed E-state index contributed by atoms with van der Waals surface area (Å²) in [4.78, 5) is 10.3.